The molecule has 0 fully saturated rings. The zero-order valence-electron chi connectivity index (χ0n) is 16.7. The molecule has 2 heterocycles. The van der Waals surface area contributed by atoms with Gasteiger partial charge in [-0.15, -0.1) is 11.3 Å². The minimum atomic E-state index is -0.263. The monoisotopic (exact) mass is 473 g/mol. The van der Waals surface area contributed by atoms with Gasteiger partial charge in [-0.3, -0.25) is 4.79 Å². The van der Waals surface area contributed by atoms with E-state index in [-0.39, 0.29) is 5.91 Å². The fourth-order valence-corrected chi connectivity index (χ4v) is 4.71. The Morgan fingerprint density at radius 3 is 2.53 bits per heavy atom. The topological polar surface area (TPSA) is 65.8 Å². The number of nitrogens with zero attached hydrogens (tertiary/aromatic N) is 2. The highest BCUT2D eigenvalue weighted by atomic mass is 35.5. The number of anilines is 1. The quantitative estimate of drug-likeness (QED) is 0.234. The number of carbonyl (C=O) groups excluding carboxylic acids is 1. The molecule has 0 saturated heterocycles. The molecule has 0 spiro atoms. The molecule has 156 valence electrons. The summed E-state index contributed by atoms with van der Waals surface area (Å²) in [7, 11) is 0. The maximum atomic E-state index is 12.8. The average Bonchev–Trinajstić information content (AvgIpc) is 3.48. The SMILES string of the molecule is N#CC(=CC=Cc1ccccc1)c1nc(-c2cccs2)c(NC(=O)c2ccc(Cl)cc2)s1. The van der Waals surface area contributed by atoms with Crippen LogP contribution in [0.5, 0.6) is 0 Å². The van der Waals surface area contributed by atoms with Gasteiger partial charge in [0.1, 0.15) is 21.8 Å². The fourth-order valence-electron chi connectivity index (χ4n) is 2.85. The number of thiophene rings is 1. The van der Waals surface area contributed by atoms with Crippen molar-refractivity contribution in [1.82, 2.24) is 4.98 Å². The third kappa shape index (κ3) is 5.21. The number of hydrogen-bond acceptors (Lipinski definition) is 5. The van der Waals surface area contributed by atoms with E-state index in [1.54, 1.807) is 30.3 Å². The van der Waals surface area contributed by atoms with Gasteiger partial charge in [-0.2, -0.15) is 5.26 Å². The van der Waals surface area contributed by atoms with Crippen molar-refractivity contribution in [2.24, 2.45) is 0 Å². The number of hydrogen-bond donors (Lipinski definition) is 1. The molecule has 0 saturated carbocycles. The van der Waals surface area contributed by atoms with Crippen LogP contribution in [-0.2, 0) is 0 Å². The van der Waals surface area contributed by atoms with Crippen LogP contribution in [0.3, 0.4) is 0 Å². The lowest BCUT2D eigenvalue weighted by molar-refractivity contribution is 0.102. The van der Waals surface area contributed by atoms with Crippen molar-refractivity contribution >= 4 is 56.8 Å². The summed E-state index contributed by atoms with van der Waals surface area (Å²) in [6.07, 6.45) is 5.48. The van der Waals surface area contributed by atoms with Crippen molar-refractivity contribution in [3.63, 3.8) is 0 Å². The molecule has 7 heteroatoms. The molecule has 4 nitrogen and oxygen atoms in total. The first-order valence-corrected chi connectivity index (χ1v) is 11.7. The van der Waals surface area contributed by atoms with E-state index in [1.165, 1.54) is 22.7 Å². The van der Waals surface area contributed by atoms with E-state index in [4.69, 9.17) is 11.6 Å². The predicted octanol–water partition coefficient (Wildman–Crippen LogP) is 7.40. The van der Waals surface area contributed by atoms with Gasteiger partial charge in [-0.1, -0.05) is 71.5 Å². The van der Waals surface area contributed by atoms with Gasteiger partial charge in [-0.25, -0.2) is 4.98 Å². The number of nitrogens with one attached hydrogen (secondary N) is 1. The lowest BCUT2D eigenvalue weighted by Gasteiger charge is -2.04. The number of rotatable bonds is 6. The van der Waals surface area contributed by atoms with Crippen LogP contribution in [0.1, 0.15) is 20.9 Å². The summed E-state index contributed by atoms with van der Waals surface area (Å²) >= 11 is 8.72. The molecule has 0 unspecified atom stereocenters. The van der Waals surface area contributed by atoms with Crippen molar-refractivity contribution in [2.45, 2.75) is 0 Å². The summed E-state index contributed by atoms with van der Waals surface area (Å²) in [5.41, 5.74) is 2.60. The molecule has 0 aliphatic heterocycles. The first-order chi connectivity index (χ1) is 15.6. The molecule has 0 aliphatic carbocycles. The molecule has 0 bridgehead atoms. The Kier molecular flexibility index (Phi) is 6.93. The van der Waals surface area contributed by atoms with E-state index in [2.05, 4.69) is 16.4 Å². The Labute approximate surface area is 198 Å². The van der Waals surface area contributed by atoms with Gasteiger partial charge in [0.15, 0.2) is 0 Å². The van der Waals surface area contributed by atoms with Gasteiger partial charge in [-0.05, 0) is 47.4 Å². The van der Waals surface area contributed by atoms with Crippen LogP contribution in [0.2, 0.25) is 5.02 Å². The molecule has 32 heavy (non-hydrogen) atoms. The van der Waals surface area contributed by atoms with Gasteiger partial charge < -0.3 is 5.32 Å². The standard InChI is InChI=1S/C25H16ClN3OS2/c26-20-13-11-18(12-14-20)23(30)29-25-22(21-10-5-15-31-21)28-24(32-25)19(16-27)9-4-8-17-6-2-1-3-7-17/h1-15H,(H,29,30). The number of carbonyl (C=O) groups is 1. The second-order valence-corrected chi connectivity index (χ2v) is 8.98. The summed E-state index contributed by atoms with van der Waals surface area (Å²) in [5, 5.41) is 16.3. The first-order valence-electron chi connectivity index (χ1n) is 9.59. The van der Waals surface area contributed by atoms with E-state index < -0.39 is 0 Å². The van der Waals surface area contributed by atoms with Crippen LogP contribution < -0.4 is 5.32 Å². The van der Waals surface area contributed by atoms with Crippen LogP contribution in [0.4, 0.5) is 5.00 Å². The maximum absolute atomic E-state index is 12.8. The summed E-state index contributed by atoms with van der Waals surface area (Å²) in [5.74, 6) is -0.263. The molecule has 0 atom stereocenters. The second-order valence-electron chi connectivity index (χ2n) is 6.60. The number of allylic oxidation sites excluding steroid dienone is 3. The largest absolute Gasteiger partial charge is 0.312 e. The minimum absolute atomic E-state index is 0.263. The Morgan fingerprint density at radius 1 is 1.06 bits per heavy atom. The molecule has 4 aromatic rings. The fraction of sp³-hybridized carbons (Fsp3) is 0. The highest BCUT2D eigenvalue weighted by Gasteiger charge is 2.19. The van der Waals surface area contributed by atoms with Crippen molar-refractivity contribution in [2.75, 3.05) is 5.32 Å². The van der Waals surface area contributed by atoms with E-state index in [1.807, 2.05) is 60.0 Å². The normalized spacial score (nSPS) is 11.4. The van der Waals surface area contributed by atoms with Crippen LogP contribution >= 0.6 is 34.3 Å². The Balaban J connectivity index is 1.65. The van der Waals surface area contributed by atoms with Crippen molar-refractivity contribution in [1.29, 1.82) is 5.26 Å². The summed E-state index contributed by atoms with van der Waals surface area (Å²) in [6, 6.07) is 22.6. The lowest BCUT2D eigenvalue weighted by Crippen LogP contribution is -2.11. The Hall–Kier alpha value is -3.50. The smallest absolute Gasteiger partial charge is 0.256 e. The van der Waals surface area contributed by atoms with E-state index in [0.29, 0.717) is 31.9 Å². The summed E-state index contributed by atoms with van der Waals surface area (Å²) in [4.78, 5) is 18.4. The second kappa shape index (κ2) is 10.2. The predicted molar refractivity (Wildman–Crippen MR) is 134 cm³/mol. The van der Waals surface area contributed by atoms with E-state index in [9.17, 15) is 10.1 Å². The van der Waals surface area contributed by atoms with Gasteiger partial charge in [0.05, 0.1) is 10.5 Å². The highest BCUT2D eigenvalue weighted by Crippen LogP contribution is 2.38. The number of halogens is 1. The first kappa shape index (κ1) is 21.7. The van der Waals surface area contributed by atoms with Gasteiger partial charge >= 0.3 is 0 Å². The molecule has 1 amide bonds. The molecule has 1 N–H and O–H groups in total. The third-order valence-corrected chi connectivity index (χ3v) is 6.55. The molecule has 4 rings (SSSR count). The number of aromatic nitrogens is 1. The van der Waals surface area contributed by atoms with Gasteiger partial charge in [0, 0.05) is 10.6 Å². The third-order valence-electron chi connectivity index (χ3n) is 4.42. The van der Waals surface area contributed by atoms with Crippen LogP contribution in [0, 0.1) is 11.3 Å². The van der Waals surface area contributed by atoms with Gasteiger partial charge in [0.25, 0.3) is 5.91 Å². The summed E-state index contributed by atoms with van der Waals surface area (Å²) < 4.78 is 0. The molecule has 2 aromatic heterocycles. The zero-order valence-corrected chi connectivity index (χ0v) is 19.0. The zero-order chi connectivity index (χ0) is 22.3. The molecular weight excluding hydrogens is 458 g/mol. The molecule has 2 aromatic carbocycles. The van der Waals surface area contributed by atoms with Crippen molar-refractivity contribution in [3.05, 3.63) is 105 Å². The minimum Gasteiger partial charge on any atom is -0.312 e. The number of benzene rings is 2. The Morgan fingerprint density at radius 2 is 1.84 bits per heavy atom. The van der Waals surface area contributed by atoms with E-state index >= 15 is 0 Å². The van der Waals surface area contributed by atoms with Crippen LogP contribution in [-0.4, -0.2) is 10.9 Å². The average molecular weight is 474 g/mol. The number of nitriles is 1. The maximum Gasteiger partial charge on any atom is 0.256 e. The van der Waals surface area contributed by atoms with Gasteiger partial charge in [0.2, 0.25) is 0 Å². The highest BCUT2D eigenvalue weighted by molar-refractivity contribution is 7.18. The summed E-state index contributed by atoms with van der Waals surface area (Å²) in [6.45, 7) is 0. The lowest BCUT2D eigenvalue weighted by atomic mass is 10.2. The molecule has 0 aliphatic rings. The Bertz CT molecular complexity index is 1320. The van der Waals surface area contributed by atoms with Crippen LogP contribution in [0.15, 0.2) is 84.3 Å². The number of thiazole rings is 1. The number of amides is 1. The van der Waals surface area contributed by atoms with Crippen molar-refractivity contribution < 1.29 is 4.79 Å². The van der Waals surface area contributed by atoms with Crippen LogP contribution in [0.25, 0.3) is 22.2 Å². The molecule has 0 radical (unpaired) electrons. The molecular formula is C25H16ClN3OS2. The van der Waals surface area contributed by atoms with E-state index in [0.717, 1.165) is 10.4 Å². The van der Waals surface area contributed by atoms with Crippen molar-refractivity contribution in [3.8, 4) is 16.6 Å².